The summed E-state index contributed by atoms with van der Waals surface area (Å²) in [6, 6.07) is 8.36. The molecule has 0 radical (unpaired) electrons. The van der Waals surface area contributed by atoms with Crippen LogP contribution in [-0.4, -0.2) is 27.8 Å². The second-order valence-corrected chi connectivity index (χ2v) is 5.39. The van der Waals surface area contributed by atoms with Crippen molar-refractivity contribution in [1.29, 1.82) is 0 Å². The Morgan fingerprint density at radius 2 is 2.05 bits per heavy atom. The zero-order chi connectivity index (χ0) is 14.5. The van der Waals surface area contributed by atoms with Gasteiger partial charge in [0.05, 0.1) is 23.6 Å². The highest BCUT2D eigenvalue weighted by molar-refractivity contribution is 7.84. The van der Waals surface area contributed by atoms with Crippen LogP contribution in [0, 0.1) is 0 Å². The zero-order valence-corrected chi connectivity index (χ0v) is 11.9. The van der Waals surface area contributed by atoms with Gasteiger partial charge in [-0.25, -0.2) is 5.10 Å². The second-order valence-electron chi connectivity index (χ2n) is 4.04. The van der Waals surface area contributed by atoms with E-state index in [2.05, 4.69) is 10.2 Å². The Labute approximate surface area is 118 Å². The molecule has 104 valence electrons. The number of rotatable bonds is 4. The number of H-pyrrole nitrogens is 1. The van der Waals surface area contributed by atoms with Crippen molar-refractivity contribution in [3.8, 4) is 5.75 Å². The van der Waals surface area contributed by atoms with Gasteiger partial charge in [0.2, 0.25) is 0 Å². The Hall–Kier alpha value is -2.21. The fourth-order valence-corrected chi connectivity index (χ4v) is 2.39. The molecule has 0 aliphatic rings. The molecule has 0 fully saturated rings. The molecule has 0 amide bonds. The van der Waals surface area contributed by atoms with Gasteiger partial charge in [-0.15, -0.1) is 0 Å². The van der Waals surface area contributed by atoms with Gasteiger partial charge in [0, 0.05) is 17.2 Å². The summed E-state index contributed by atoms with van der Waals surface area (Å²) in [5, 5.41) is 6.23. The highest BCUT2D eigenvalue weighted by atomic mass is 32.2. The standard InChI is InChI=1S/C14H14N2O3S/c1-19-12-6-7-13(20(2)18)10(9-12)3-4-11-5-8-14(17)16-15-11/h3-9H,1-2H3,(H,16,17). The predicted octanol–water partition coefficient (Wildman–Crippen LogP) is 1.69. The minimum absolute atomic E-state index is 0.251. The molecule has 1 unspecified atom stereocenters. The zero-order valence-electron chi connectivity index (χ0n) is 11.1. The van der Waals surface area contributed by atoms with Crippen LogP contribution in [0.2, 0.25) is 0 Å². The van der Waals surface area contributed by atoms with Gasteiger partial charge >= 0.3 is 0 Å². The first-order valence-electron chi connectivity index (χ1n) is 5.85. The Balaban J connectivity index is 2.38. The number of aromatic nitrogens is 2. The minimum atomic E-state index is -1.10. The molecule has 1 N–H and O–H groups in total. The molecule has 1 aromatic heterocycles. The van der Waals surface area contributed by atoms with E-state index in [4.69, 9.17) is 4.74 Å². The first kappa shape index (κ1) is 14.2. The van der Waals surface area contributed by atoms with Gasteiger partial charge < -0.3 is 4.74 Å². The number of hydrogen-bond donors (Lipinski definition) is 1. The van der Waals surface area contributed by atoms with Crippen LogP contribution in [0.5, 0.6) is 5.75 Å². The molecule has 1 atom stereocenters. The van der Waals surface area contributed by atoms with E-state index in [1.54, 1.807) is 49.8 Å². The fraction of sp³-hybridized carbons (Fsp3) is 0.143. The van der Waals surface area contributed by atoms with Crippen LogP contribution in [0.15, 0.2) is 40.0 Å². The molecule has 1 heterocycles. The first-order chi connectivity index (χ1) is 9.60. The molecule has 20 heavy (non-hydrogen) atoms. The highest BCUT2D eigenvalue weighted by Gasteiger charge is 2.05. The Kier molecular flexibility index (Phi) is 4.47. The van der Waals surface area contributed by atoms with E-state index in [1.807, 2.05) is 0 Å². The summed E-state index contributed by atoms with van der Waals surface area (Å²) in [4.78, 5) is 11.6. The molecular formula is C14H14N2O3S. The van der Waals surface area contributed by atoms with Gasteiger partial charge in [-0.05, 0) is 35.9 Å². The van der Waals surface area contributed by atoms with Gasteiger partial charge in [0.15, 0.2) is 0 Å². The average molecular weight is 290 g/mol. The summed E-state index contributed by atoms with van der Waals surface area (Å²) in [6.45, 7) is 0. The highest BCUT2D eigenvalue weighted by Crippen LogP contribution is 2.22. The molecule has 0 saturated carbocycles. The maximum atomic E-state index is 11.7. The number of nitrogens with one attached hydrogen (secondary N) is 1. The number of nitrogens with zero attached hydrogens (tertiary/aromatic N) is 1. The van der Waals surface area contributed by atoms with Crippen LogP contribution in [0.25, 0.3) is 12.2 Å². The quantitative estimate of drug-likeness (QED) is 0.930. The van der Waals surface area contributed by atoms with Gasteiger partial charge in [0.25, 0.3) is 5.56 Å². The van der Waals surface area contributed by atoms with Gasteiger partial charge in [-0.3, -0.25) is 9.00 Å². The van der Waals surface area contributed by atoms with E-state index in [9.17, 15) is 9.00 Å². The maximum Gasteiger partial charge on any atom is 0.264 e. The van der Waals surface area contributed by atoms with Crippen LogP contribution >= 0.6 is 0 Å². The number of benzene rings is 1. The average Bonchev–Trinajstić information content (AvgIpc) is 2.46. The van der Waals surface area contributed by atoms with Crippen molar-refractivity contribution in [2.45, 2.75) is 4.90 Å². The number of aromatic amines is 1. The molecule has 0 aliphatic heterocycles. The number of ether oxygens (including phenoxy) is 1. The van der Waals surface area contributed by atoms with Gasteiger partial charge in [-0.2, -0.15) is 5.10 Å². The lowest BCUT2D eigenvalue weighted by atomic mass is 10.2. The molecule has 0 aliphatic carbocycles. The summed E-state index contributed by atoms with van der Waals surface area (Å²) in [5.41, 5.74) is 1.15. The van der Waals surface area contributed by atoms with Crippen LogP contribution < -0.4 is 10.3 Å². The van der Waals surface area contributed by atoms with Crippen molar-refractivity contribution < 1.29 is 8.95 Å². The van der Waals surface area contributed by atoms with Crippen molar-refractivity contribution in [2.24, 2.45) is 0 Å². The molecule has 6 heteroatoms. The molecule has 5 nitrogen and oxygen atoms in total. The first-order valence-corrected chi connectivity index (χ1v) is 7.41. The Morgan fingerprint density at radius 3 is 2.65 bits per heavy atom. The van der Waals surface area contributed by atoms with E-state index in [0.29, 0.717) is 16.3 Å². The minimum Gasteiger partial charge on any atom is -0.497 e. The lowest BCUT2D eigenvalue weighted by Crippen LogP contribution is -2.05. The monoisotopic (exact) mass is 290 g/mol. The SMILES string of the molecule is COc1ccc(S(C)=O)c(C=Cc2ccc(=O)[nH]n2)c1. The normalized spacial score (nSPS) is 12.5. The third-order valence-corrected chi connectivity index (χ3v) is 3.65. The summed E-state index contributed by atoms with van der Waals surface area (Å²) >= 11 is 0. The maximum absolute atomic E-state index is 11.7. The molecule has 0 saturated heterocycles. The van der Waals surface area contributed by atoms with E-state index in [1.165, 1.54) is 6.07 Å². The summed E-state index contributed by atoms with van der Waals surface area (Å²) in [7, 11) is 0.481. The lowest BCUT2D eigenvalue weighted by Gasteiger charge is -2.06. The third kappa shape index (κ3) is 3.42. The second kappa shape index (κ2) is 6.29. The van der Waals surface area contributed by atoms with E-state index in [-0.39, 0.29) is 5.56 Å². The largest absolute Gasteiger partial charge is 0.497 e. The molecule has 0 spiro atoms. The van der Waals surface area contributed by atoms with Crippen molar-refractivity contribution in [2.75, 3.05) is 13.4 Å². The lowest BCUT2D eigenvalue weighted by molar-refractivity contribution is 0.414. The van der Waals surface area contributed by atoms with Crippen molar-refractivity contribution >= 4 is 23.0 Å². The summed E-state index contributed by atoms with van der Waals surface area (Å²) in [5.74, 6) is 0.688. The van der Waals surface area contributed by atoms with Crippen molar-refractivity contribution in [1.82, 2.24) is 10.2 Å². The van der Waals surface area contributed by atoms with Crippen LogP contribution in [0.3, 0.4) is 0 Å². The molecule has 0 bridgehead atoms. The number of hydrogen-bond acceptors (Lipinski definition) is 4. The van der Waals surface area contributed by atoms with Crippen LogP contribution in [0.4, 0.5) is 0 Å². The summed E-state index contributed by atoms with van der Waals surface area (Å²) in [6.07, 6.45) is 5.15. The van der Waals surface area contributed by atoms with E-state index >= 15 is 0 Å². The van der Waals surface area contributed by atoms with E-state index < -0.39 is 10.8 Å². The molecule has 2 rings (SSSR count). The van der Waals surface area contributed by atoms with Crippen LogP contribution in [-0.2, 0) is 10.8 Å². The molecule has 2 aromatic rings. The van der Waals surface area contributed by atoms with Gasteiger partial charge in [-0.1, -0.05) is 6.08 Å². The van der Waals surface area contributed by atoms with Crippen molar-refractivity contribution in [3.05, 3.63) is 51.9 Å². The molecule has 1 aromatic carbocycles. The number of methoxy groups -OCH3 is 1. The Morgan fingerprint density at radius 1 is 1.25 bits per heavy atom. The van der Waals surface area contributed by atoms with Crippen LogP contribution in [0.1, 0.15) is 11.3 Å². The smallest absolute Gasteiger partial charge is 0.264 e. The topological polar surface area (TPSA) is 72.1 Å². The van der Waals surface area contributed by atoms with Crippen molar-refractivity contribution in [3.63, 3.8) is 0 Å². The summed E-state index contributed by atoms with van der Waals surface area (Å²) < 4.78 is 16.9. The molecular weight excluding hydrogens is 276 g/mol. The Bertz CT molecular complexity index is 702. The fourth-order valence-electron chi connectivity index (χ4n) is 1.67. The third-order valence-electron chi connectivity index (χ3n) is 2.66. The predicted molar refractivity (Wildman–Crippen MR) is 79.1 cm³/mol. The van der Waals surface area contributed by atoms with Gasteiger partial charge in [0.1, 0.15) is 5.75 Å². The van der Waals surface area contributed by atoms with E-state index in [0.717, 1.165) is 5.56 Å².